The van der Waals surface area contributed by atoms with Crippen LogP contribution in [0.4, 0.5) is 0 Å². The summed E-state index contributed by atoms with van der Waals surface area (Å²) < 4.78 is 0. The highest BCUT2D eigenvalue weighted by atomic mass is 14.6. The molecule has 1 N–H and O–H groups in total. The maximum atomic E-state index is 8.53. The third-order valence-electron chi connectivity index (χ3n) is 2.55. The van der Waals surface area contributed by atoms with Crippen molar-refractivity contribution in [3.05, 3.63) is 53.9 Å². The van der Waals surface area contributed by atoms with Gasteiger partial charge in [-0.25, -0.2) is 0 Å². The summed E-state index contributed by atoms with van der Waals surface area (Å²) in [6.45, 7) is 2.08. The SMILES string of the molecule is Cc1ccccc1-c1c[nH]cc1/C=C/C#N. The van der Waals surface area contributed by atoms with Gasteiger partial charge in [0.1, 0.15) is 0 Å². The van der Waals surface area contributed by atoms with E-state index in [9.17, 15) is 0 Å². The highest BCUT2D eigenvalue weighted by molar-refractivity contribution is 5.77. The van der Waals surface area contributed by atoms with Gasteiger partial charge in [-0.15, -0.1) is 0 Å². The van der Waals surface area contributed by atoms with E-state index in [0.29, 0.717) is 0 Å². The van der Waals surface area contributed by atoms with Crippen molar-refractivity contribution < 1.29 is 0 Å². The van der Waals surface area contributed by atoms with Gasteiger partial charge in [0.25, 0.3) is 0 Å². The standard InChI is InChI=1S/C14H12N2/c1-11-5-2-3-7-13(11)14-10-16-9-12(14)6-4-8-15/h2-7,9-10,16H,1H3/b6-4+. The van der Waals surface area contributed by atoms with Crippen LogP contribution in [0.3, 0.4) is 0 Å². The van der Waals surface area contributed by atoms with E-state index < -0.39 is 0 Å². The molecule has 0 unspecified atom stereocenters. The van der Waals surface area contributed by atoms with Crippen LogP contribution < -0.4 is 0 Å². The summed E-state index contributed by atoms with van der Waals surface area (Å²) in [5.41, 5.74) is 4.59. The maximum Gasteiger partial charge on any atom is 0.0912 e. The number of nitrogens with one attached hydrogen (secondary N) is 1. The van der Waals surface area contributed by atoms with Crippen LogP contribution in [0.2, 0.25) is 0 Å². The maximum absolute atomic E-state index is 8.53. The number of benzene rings is 1. The molecule has 0 fully saturated rings. The van der Waals surface area contributed by atoms with Gasteiger partial charge in [0, 0.05) is 29.6 Å². The highest BCUT2D eigenvalue weighted by Crippen LogP contribution is 2.27. The van der Waals surface area contributed by atoms with Gasteiger partial charge in [-0.3, -0.25) is 0 Å². The summed E-state index contributed by atoms with van der Waals surface area (Å²) in [4.78, 5) is 3.07. The van der Waals surface area contributed by atoms with Crippen LogP contribution in [0.1, 0.15) is 11.1 Å². The van der Waals surface area contributed by atoms with Gasteiger partial charge in [0.05, 0.1) is 6.07 Å². The fourth-order valence-corrected chi connectivity index (χ4v) is 1.75. The van der Waals surface area contributed by atoms with E-state index in [0.717, 1.165) is 11.1 Å². The summed E-state index contributed by atoms with van der Waals surface area (Å²) in [7, 11) is 0. The molecule has 0 radical (unpaired) electrons. The largest absolute Gasteiger partial charge is 0.366 e. The van der Waals surface area contributed by atoms with Crippen molar-refractivity contribution in [1.29, 1.82) is 5.26 Å². The monoisotopic (exact) mass is 208 g/mol. The van der Waals surface area contributed by atoms with Crippen LogP contribution >= 0.6 is 0 Å². The van der Waals surface area contributed by atoms with E-state index in [1.165, 1.54) is 17.2 Å². The lowest BCUT2D eigenvalue weighted by Gasteiger charge is -2.04. The fourth-order valence-electron chi connectivity index (χ4n) is 1.75. The van der Waals surface area contributed by atoms with Crippen molar-refractivity contribution in [2.45, 2.75) is 6.92 Å². The van der Waals surface area contributed by atoms with Crippen molar-refractivity contribution in [3.8, 4) is 17.2 Å². The molecule has 0 amide bonds. The normalized spacial score (nSPS) is 10.5. The average molecular weight is 208 g/mol. The van der Waals surface area contributed by atoms with Gasteiger partial charge in [-0.1, -0.05) is 24.3 Å². The third-order valence-corrected chi connectivity index (χ3v) is 2.55. The zero-order chi connectivity index (χ0) is 11.4. The first-order chi connectivity index (χ1) is 7.83. The molecule has 0 aliphatic heterocycles. The number of aromatic nitrogens is 1. The second-order valence-corrected chi connectivity index (χ2v) is 3.60. The second kappa shape index (κ2) is 4.50. The van der Waals surface area contributed by atoms with Crippen molar-refractivity contribution in [3.63, 3.8) is 0 Å². The van der Waals surface area contributed by atoms with Gasteiger partial charge in [-0.05, 0) is 24.1 Å². The number of H-pyrrole nitrogens is 1. The lowest BCUT2D eigenvalue weighted by atomic mass is 10.00. The first-order valence-corrected chi connectivity index (χ1v) is 5.12. The Kier molecular flexibility index (Phi) is 2.88. The van der Waals surface area contributed by atoms with Gasteiger partial charge < -0.3 is 4.98 Å². The molecule has 78 valence electrons. The molecule has 0 saturated heterocycles. The van der Waals surface area contributed by atoms with Gasteiger partial charge in [0.15, 0.2) is 0 Å². The van der Waals surface area contributed by atoms with Gasteiger partial charge in [-0.2, -0.15) is 5.26 Å². The van der Waals surface area contributed by atoms with E-state index in [2.05, 4.69) is 24.0 Å². The predicted octanol–water partition coefficient (Wildman–Crippen LogP) is 3.53. The van der Waals surface area contributed by atoms with Crippen LogP contribution in [0.15, 0.2) is 42.7 Å². The molecule has 0 atom stereocenters. The average Bonchev–Trinajstić information content (AvgIpc) is 2.75. The summed E-state index contributed by atoms with van der Waals surface area (Å²) in [5, 5.41) is 8.53. The molecule has 1 heterocycles. The number of allylic oxidation sites excluding steroid dienone is 1. The zero-order valence-electron chi connectivity index (χ0n) is 9.07. The predicted molar refractivity (Wildman–Crippen MR) is 65.6 cm³/mol. The molecule has 16 heavy (non-hydrogen) atoms. The minimum atomic E-state index is 1.04. The zero-order valence-corrected chi connectivity index (χ0v) is 9.07. The van der Waals surface area contributed by atoms with Crippen molar-refractivity contribution in [1.82, 2.24) is 4.98 Å². The molecule has 0 spiro atoms. The fraction of sp³-hybridized carbons (Fsp3) is 0.0714. The molecule has 1 aromatic carbocycles. The summed E-state index contributed by atoms with van der Waals surface area (Å²) in [6, 6.07) is 10.2. The molecule has 0 bridgehead atoms. The number of aromatic amines is 1. The van der Waals surface area contributed by atoms with Crippen LogP contribution in [-0.2, 0) is 0 Å². The topological polar surface area (TPSA) is 39.6 Å². The Bertz CT molecular complexity index is 556. The van der Waals surface area contributed by atoms with Crippen LogP contribution in [0.25, 0.3) is 17.2 Å². The quantitative estimate of drug-likeness (QED) is 0.753. The molecule has 2 rings (SSSR count). The number of hydrogen-bond donors (Lipinski definition) is 1. The number of nitrogens with zero attached hydrogens (tertiary/aromatic N) is 1. The minimum Gasteiger partial charge on any atom is -0.366 e. The van der Waals surface area contributed by atoms with Crippen molar-refractivity contribution >= 4 is 6.08 Å². The second-order valence-electron chi connectivity index (χ2n) is 3.60. The minimum absolute atomic E-state index is 1.04. The molecular formula is C14H12N2. The Morgan fingerprint density at radius 2 is 2.00 bits per heavy atom. The summed E-state index contributed by atoms with van der Waals surface area (Å²) >= 11 is 0. The van der Waals surface area contributed by atoms with Gasteiger partial charge >= 0.3 is 0 Å². The lowest BCUT2D eigenvalue weighted by Crippen LogP contribution is -1.82. The number of rotatable bonds is 2. The Labute approximate surface area is 94.9 Å². The van der Waals surface area contributed by atoms with Crippen molar-refractivity contribution in [2.75, 3.05) is 0 Å². The highest BCUT2D eigenvalue weighted by Gasteiger charge is 2.05. The lowest BCUT2D eigenvalue weighted by molar-refractivity contribution is 1.40. The van der Waals surface area contributed by atoms with E-state index in [-0.39, 0.29) is 0 Å². The molecular weight excluding hydrogens is 196 g/mol. The van der Waals surface area contributed by atoms with Gasteiger partial charge in [0.2, 0.25) is 0 Å². The molecule has 0 aliphatic carbocycles. The number of aryl methyl sites for hydroxylation is 1. The van der Waals surface area contributed by atoms with Crippen LogP contribution in [-0.4, -0.2) is 4.98 Å². The number of hydrogen-bond acceptors (Lipinski definition) is 1. The molecule has 0 saturated carbocycles. The van der Waals surface area contributed by atoms with E-state index >= 15 is 0 Å². The summed E-state index contributed by atoms with van der Waals surface area (Å²) in [5.74, 6) is 0. The molecule has 1 aromatic heterocycles. The summed E-state index contributed by atoms with van der Waals surface area (Å²) in [6.07, 6.45) is 7.16. The Morgan fingerprint density at radius 1 is 1.19 bits per heavy atom. The molecule has 2 aromatic rings. The first-order valence-electron chi connectivity index (χ1n) is 5.12. The van der Waals surface area contributed by atoms with E-state index in [1.807, 2.05) is 36.7 Å². The van der Waals surface area contributed by atoms with E-state index in [1.54, 1.807) is 0 Å². The van der Waals surface area contributed by atoms with Crippen LogP contribution in [0.5, 0.6) is 0 Å². The molecule has 0 aliphatic rings. The van der Waals surface area contributed by atoms with Crippen LogP contribution in [0, 0.1) is 18.3 Å². The molecule has 2 heteroatoms. The first kappa shape index (κ1) is 10.3. The third kappa shape index (κ3) is 1.89. The van der Waals surface area contributed by atoms with E-state index in [4.69, 9.17) is 5.26 Å². The Morgan fingerprint density at radius 3 is 2.75 bits per heavy atom. The smallest absolute Gasteiger partial charge is 0.0912 e. The van der Waals surface area contributed by atoms with Crippen molar-refractivity contribution in [2.24, 2.45) is 0 Å². The Balaban J connectivity index is 2.50. The molecule has 2 nitrogen and oxygen atoms in total. The number of nitriles is 1. The Hall–Kier alpha value is -2.27.